The molecule has 0 aromatic carbocycles. The number of aryl methyl sites for hydroxylation is 2. The molecule has 0 atom stereocenters. The first-order valence-corrected chi connectivity index (χ1v) is 4.76. The highest BCUT2D eigenvalue weighted by Gasteiger charge is 2.07. The summed E-state index contributed by atoms with van der Waals surface area (Å²) >= 11 is 0. The fraction of sp³-hybridized carbons (Fsp3) is 0.400. The quantitative estimate of drug-likeness (QED) is 0.672. The first-order chi connectivity index (χ1) is 6.70. The van der Waals surface area contributed by atoms with E-state index in [1.165, 1.54) is 0 Å². The van der Waals surface area contributed by atoms with Crippen LogP contribution in [0.15, 0.2) is 6.20 Å². The Balaban J connectivity index is 0.000000461. The minimum absolute atomic E-state index is 0.495. The monoisotopic (exact) mass is 192 g/mol. The third-order valence-electron chi connectivity index (χ3n) is 2.14. The Hall–Kier alpha value is -1.58. The molecule has 2 heterocycles. The molecule has 0 aliphatic carbocycles. The maximum Gasteiger partial charge on any atom is 0.155 e. The van der Waals surface area contributed by atoms with Crippen LogP contribution in [0.1, 0.15) is 25.1 Å². The molecule has 14 heavy (non-hydrogen) atoms. The van der Waals surface area contributed by atoms with E-state index < -0.39 is 0 Å². The maximum atomic E-state index is 5.68. The van der Waals surface area contributed by atoms with E-state index in [0.29, 0.717) is 5.82 Å². The van der Waals surface area contributed by atoms with Crippen molar-refractivity contribution in [3.05, 3.63) is 17.5 Å². The highest BCUT2D eigenvalue weighted by molar-refractivity contribution is 5.91. The molecule has 2 rings (SSSR count). The Morgan fingerprint density at radius 3 is 2.50 bits per heavy atom. The number of rotatable bonds is 0. The second-order valence-corrected chi connectivity index (χ2v) is 2.89. The predicted molar refractivity (Wildman–Crippen MR) is 59.1 cm³/mol. The fourth-order valence-corrected chi connectivity index (χ4v) is 1.37. The molecular formula is C10H16N4. The molecule has 2 aromatic rings. The number of fused-ring (bicyclic) bond motifs is 1. The van der Waals surface area contributed by atoms with Gasteiger partial charge < -0.3 is 10.7 Å². The van der Waals surface area contributed by atoms with Crippen LogP contribution in [0.4, 0.5) is 5.82 Å². The van der Waals surface area contributed by atoms with Crippen LogP contribution in [0.25, 0.3) is 10.9 Å². The molecule has 76 valence electrons. The number of nitrogens with one attached hydrogen (secondary N) is 1. The average molecular weight is 192 g/mol. The van der Waals surface area contributed by atoms with Gasteiger partial charge in [0.1, 0.15) is 0 Å². The maximum absolute atomic E-state index is 5.68. The number of aromatic amines is 1. The van der Waals surface area contributed by atoms with Gasteiger partial charge >= 0.3 is 0 Å². The van der Waals surface area contributed by atoms with Crippen molar-refractivity contribution in [2.75, 3.05) is 5.73 Å². The molecule has 0 radical (unpaired) electrons. The molecule has 0 bridgehead atoms. The number of nitrogens with two attached hydrogens (primary N) is 1. The molecule has 3 N–H and O–H groups in total. The lowest BCUT2D eigenvalue weighted by atomic mass is 10.2. The zero-order valence-electron chi connectivity index (χ0n) is 9.05. The Bertz CT molecular complexity index is 431. The normalized spacial score (nSPS) is 9.71. The van der Waals surface area contributed by atoms with Crippen molar-refractivity contribution in [2.24, 2.45) is 0 Å². The smallest absolute Gasteiger partial charge is 0.155 e. The molecule has 0 fully saturated rings. The largest absolute Gasteiger partial charge is 0.382 e. The van der Waals surface area contributed by atoms with E-state index in [1.54, 1.807) is 6.20 Å². The van der Waals surface area contributed by atoms with E-state index in [4.69, 9.17) is 5.73 Å². The van der Waals surface area contributed by atoms with E-state index in [0.717, 1.165) is 22.2 Å². The summed E-state index contributed by atoms with van der Waals surface area (Å²) in [6.07, 6.45) is 1.69. The molecule has 0 aliphatic heterocycles. The molecule has 0 aliphatic rings. The van der Waals surface area contributed by atoms with E-state index in [2.05, 4.69) is 15.2 Å². The summed E-state index contributed by atoms with van der Waals surface area (Å²) in [6.45, 7) is 8.03. The topological polar surface area (TPSA) is 67.6 Å². The van der Waals surface area contributed by atoms with Gasteiger partial charge in [0.15, 0.2) is 5.82 Å². The molecule has 0 amide bonds. The van der Waals surface area contributed by atoms with Crippen LogP contribution < -0.4 is 5.73 Å². The SMILES string of the molecule is CC.Cc1[nH]c2cnnc(N)c2c1C. The Morgan fingerprint density at radius 1 is 1.29 bits per heavy atom. The lowest BCUT2D eigenvalue weighted by Crippen LogP contribution is -1.92. The van der Waals surface area contributed by atoms with Crippen molar-refractivity contribution in [3.8, 4) is 0 Å². The van der Waals surface area contributed by atoms with Gasteiger partial charge in [-0.25, -0.2) is 0 Å². The minimum Gasteiger partial charge on any atom is -0.382 e. The molecule has 0 spiro atoms. The van der Waals surface area contributed by atoms with Crippen molar-refractivity contribution in [1.29, 1.82) is 0 Å². The van der Waals surface area contributed by atoms with E-state index >= 15 is 0 Å². The fourth-order valence-electron chi connectivity index (χ4n) is 1.37. The highest BCUT2D eigenvalue weighted by atomic mass is 15.1. The van der Waals surface area contributed by atoms with Gasteiger partial charge in [0, 0.05) is 11.1 Å². The Morgan fingerprint density at radius 2 is 1.93 bits per heavy atom. The lowest BCUT2D eigenvalue weighted by Gasteiger charge is -1.93. The van der Waals surface area contributed by atoms with Gasteiger partial charge in [-0.3, -0.25) is 0 Å². The van der Waals surface area contributed by atoms with Gasteiger partial charge in [-0.1, -0.05) is 13.8 Å². The average Bonchev–Trinajstić information content (AvgIpc) is 2.47. The number of anilines is 1. The molecule has 0 saturated carbocycles. The van der Waals surface area contributed by atoms with Crippen LogP contribution in [0, 0.1) is 13.8 Å². The van der Waals surface area contributed by atoms with E-state index in [-0.39, 0.29) is 0 Å². The van der Waals surface area contributed by atoms with Crippen LogP contribution in [0.5, 0.6) is 0 Å². The summed E-state index contributed by atoms with van der Waals surface area (Å²) in [6, 6.07) is 0. The zero-order valence-corrected chi connectivity index (χ0v) is 9.05. The molecular weight excluding hydrogens is 176 g/mol. The summed E-state index contributed by atoms with van der Waals surface area (Å²) in [7, 11) is 0. The Labute approximate surface area is 83.5 Å². The highest BCUT2D eigenvalue weighted by Crippen LogP contribution is 2.23. The van der Waals surface area contributed by atoms with Crippen LogP contribution in [0.3, 0.4) is 0 Å². The second kappa shape index (κ2) is 4.09. The van der Waals surface area contributed by atoms with Crippen molar-refractivity contribution < 1.29 is 0 Å². The molecule has 4 nitrogen and oxygen atoms in total. The summed E-state index contributed by atoms with van der Waals surface area (Å²) < 4.78 is 0. The number of aromatic nitrogens is 3. The summed E-state index contributed by atoms with van der Waals surface area (Å²) in [5.41, 5.74) is 8.90. The number of hydrogen-bond donors (Lipinski definition) is 2. The number of nitrogens with zero attached hydrogens (tertiary/aromatic N) is 2. The predicted octanol–water partition coefficient (Wildman–Crippen LogP) is 2.18. The van der Waals surface area contributed by atoms with Gasteiger partial charge in [-0.2, -0.15) is 5.10 Å². The van der Waals surface area contributed by atoms with Crippen LogP contribution >= 0.6 is 0 Å². The van der Waals surface area contributed by atoms with Crippen molar-refractivity contribution in [1.82, 2.24) is 15.2 Å². The van der Waals surface area contributed by atoms with Gasteiger partial charge in [0.05, 0.1) is 11.7 Å². The van der Waals surface area contributed by atoms with Crippen molar-refractivity contribution >= 4 is 16.7 Å². The lowest BCUT2D eigenvalue weighted by molar-refractivity contribution is 1.06. The first-order valence-electron chi connectivity index (χ1n) is 4.76. The Kier molecular flexibility index (Phi) is 3.06. The third kappa shape index (κ3) is 1.55. The number of hydrogen-bond acceptors (Lipinski definition) is 3. The van der Waals surface area contributed by atoms with Crippen molar-refractivity contribution in [3.63, 3.8) is 0 Å². The number of nitrogen functional groups attached to an aromatic ring is 1. The van der Waals surface area contributed by atoms with Gasteiger partial charge in [0.25, 0.3) is 0 Å². The van der Waals surface area contributed by atoms with E-state index in [9.17, 15) is 0 Å². The van der Waals surface area contributed by atoms with Gasteiger partial charge in [-0.15, -0.1) is 5.10 Å². The number of H-pyrrole nitrogens is 1. The summed E-state index contributed by atoms with van der Waals surface area (Å²) in [5, 5.41) is 8.54. The second-order valence-electron chi connectivity index (χ2n) is 2.89. The third-order valence-corrected chi connectivity index (χ3v) is 2.14. The standard InChI is InChI=1S/C8H10N4.C2H6/c1-4-5(2)11-6-3-10-12-8(9)7(4)6;1-2/h3,11H,1-2H3,(H2,9,12);1-2H3. The molecule has 2 aromatic heterocycles. The first kappa shape index (κ1) is 10.5. The van der Waals surface area contributed by atoms with Crippen molar-refractivity contribution in [2.45, 2.75) is 27.7 Å². The van der Waals surface area contributed by atoms with Crippen LogP contribution in [-0.2, 0) is 0 Å². The minimum atomic E-state index is 0.495. The van der Waals surface area contributed by atoms with Crippen LogP contribution in [0.2, 0.25) is 0 Å². The van der Waals surface area contributed by atoms with Gasteiger partial charge in [-0.05, 0) is 19.4 Å². The van der Waals surface area contributed by atoms with Crippen LogP contribution in [-0.4, -0.2) is 15.2 Å². The molecule has 0 saturated heterocycles. The van der Waals surface area contributed by atoms with E-state index in [1.807, 2.05) is 27.7 Å². The summed E-state index contributed by atoms with van der Waals surface area (Å²) in [5.74, 6) is 0.495. The molecule has 4 heteroatoms. The van der Waals surface area contributed by atoms with Gasteiger partial charge in [0.2, 0.25) is 0 Å². The summed E-state index contributed by atoms with van der Waals surface area (Å²) in [4.78, 5) is 3.19. The zero-order chi connectivity index (χ0) is 10.7. The molecule has 0 unspecified atom stereocenters.